The van der Waals surface area contributed by atoms with Crippen LogP contribution in [0.2, 0.25) is 0 Å². The first-order valence-corrected chi connectivity index (χ1v) is 19.5. The van der Waals surface area contributed by atoms with E-state index in [9.17, 15) is 0 Å². The number of hydrogen-bond donors (Lipinski definition) is 0. The monoisotopic (exact) mass is 719 g/mol. The van der Waals surface area contributed by atoms with E-state index in [1.807, 2.05) is 17.4 Å². The van der Waals surface area contributed by atoms with E-state index >= 15 is 0 Å². The van der Waals surface area contributed by atoms with Gasteiger partial charge in [-0.1, -0.05) is 152 Å². The van der Waals surface area contributed by atoms with Gasteiger partial charge >= 0.3 is 0 Å². The molecule has 55 heavy (non-hydrogen) atoms. The zero-order valence-corrected chi connectivity index (χ0v) is 30.6. The van der Waals surface area contributed by atoms with E-state index in [1.54, 1.807) is 0 Å². The molecular formula is C52H33NOS. The molecule has 2 aromatic heterocycles. The summed E-state index contributed by atoms with van der Waals surface area (Å²) in [6.07, 6.45) is 0. The first kappa shape index (κ1) is 31.6. The summed E-state index contributed by atoms with van der Waals surface area (Å²) in [6, 6.07) is 72.1. The molecule has 0 saturated heterocycles. The van der Waals surface area contributed by atoms with E-state index < -0.39 is 0 Å². The number of furan rings is 1. The second-order valence-electron chi connectivity index (χ2n) is 14.1. The second-order valence-corrected chi connectivity index (χ2v) is 15.2. The number of anilines is 3. The van der Waals surface area contributed by atoms with Crippen LogP contribution in [0.5, 0.6) is 0 Å². The van der Waals surface area contributed by atoms with Crippen LogP contribution < -0.4 is 4.90 Å². The van der Waals surface area contributed by atoms with Crippen molar-refractivity contribution in [2.45, 2.75) is 0 Å². The quantitative estimate of drug-likeness (QED) is 0.170. The Balaban J connectivity index is 1.05. The van der Waals surface area contributed by atoms with Crippen LogP contribution in [0, 0.1) is 0 Å². The molecule has 0 unspecified atom stereocenters. The van der Waals surface area contributed by atoms with Gasteiger partial charge in [0.25, 0.3) is 0 Å². The minimum absolute atomic E-state index is 0.868. The topological polar surface area (TPSA) is 16.4 Å². The van der Waals surface area contributed by atoms with Gasteiger partial charge in [0.05, 0.1) is 5.69 Å². The summed E-state index contributed by atoms with van der Waals surface area (Å²) < 4.78 is 9.38. The van der Waals surface area contributed by atoms with Gasteiger partial charge in [0.1, 0.15) is 5.58 Å². The molecule has 0 bridgehead atoms. The molecule has 258 valence electrons. The first-order valence-electron chi connectivity index (χ1n) is 18.7. The van der Waals surface area contributed by atoms with Crippen molar-refractivity contribution in [3.05, 3.63) is 200 Å². The number of nitrogens with zero attached hydrogens (tertiary/aromatic N) is 1. The highest BCUT2D eigenvalue weighted by atomic mass is 32.1. The molecule has 0 spiro atoms. The third kappa shape index (κ3) is 5.40. The summed E-state index contributed by atoms with van der Waals surface area (Å²) in [5.74, 6) is 0. The van der Waals surface area contributed by atoms with Crippen LogP contribution in [-0.2, 0) is 0 Å². The molecule has 9 aromatic carbocycles. The molecule has 0 aliphatic carbocycles. The van der Waals surface area contributed by atoms with Crippen molar-refractivity contribution in [1.29, 1.82) is 0 Å². The highest BCUT2D eigenvalue weighted by Crippen LogP contribution is 2.47. The Morgan fingerprint density at radius 3 is 1.82 bits per heavy atom. The van der Waals surface area contributed by atoms with E-state index in [-0.39, 0.29) is 0 Å². The number of rotatable bonds is 6. The van der Waals surface area contributed by atoms with Gasteiger partial charge in [0, 0.05) is 42.3 Å². The van der Waals surface area contributed by atoms with E-state index in [1.165, 1.54) is 58.8 Å². The number of thiophene rings is 1. The lowest BCUT2D eigenvalue weighted by atomic mass is 9.97. The first-order chi connectivity index (χ1) is 27.2. The third-order valence-corrected chi connectivity index (χ3v) is 12.0. The predicted molar refractivity (Wildman–Crippen MR) is 235 cm³/mol. The number of para-hydroxylation sites is 1. The molecule has 0 aliphatic rings. The lowest BCUT2D eigenvalue weighted by Crippen LogP contribution is -2.10. The van der Waals surface area contributed by atoms with Crippen molar-refractivity contribution in [3.63, 3.8) is 0 Å². The molecule has 0 amide bonds. The summed E-state index contributed by atoms with van der Waals surface area (Å²) in [4.78, 5) is 2.36. The molecule has 3 heteroatoms. The Morgan fingerprint density at radius 2 is 1.00 bits per heavy atom. The fourth-order valence-corrected chi connectivity index (χ4v) is 9.30. The molecule has 0 radical (unpaired) electrons. The van der Waals surface area contributed by atoms with Crippen molar-refractivity contribution in [2.75, 3.05) is 4.90 Å². The average molecular weight is 720 g/mol. The molecule has 11 aromatic rings. The summed E-state index contributed by atoms with van der Waals surface area (Å²) in [7, 11) is 0. The Morgan fingerprint density at radius 1 is 0.382 bits per heavy atom. The summed E-state index contributed by atoms with van der Waals surface area (Å²) in [5, 5.41) is 7.32. The molecule has 2 nitrogen and oxygen atoms in total. The van der Waals surface area contributed by atoms with E-state index in [0.29, 0.717) is 0 Å². The van der Waals surface area contributed by atoms with Crippen molar-refractivity contribution in [3.8, 4) is 33.4 Å². The summed E-state index contributed by atoms with van der Waals surface area (Å²) in [5.41, 5.74) is 12.0. The van der Waals surface area contributed by atoms with Crippen LogP contribution >= 0.6 is 11.3 Å². The maximum absolute atomic E-state index is 6.83. The largest absolute Gasteiger partial charge is 0.454 e. The maximum Gasteiger partial charge on any atom is 0.160 e. The fraction of sp³-hybridized carbons (Fsp3) is 0. The number of hydrogen-bond acceptors (Lipinski definition) is 3. The van der Waals surface area contributed by atoms with Crippen molar-refractivity contribution in [2.24, 2.45) is 0 Å². The lowest BCUT2D eigenvalue weighted by molar-refractivity contribution is 0.669. The zero-order valence-electron chi connectivity index (χ0n) is 29.8. The summed E-state index contributed by atoms with van der Waals surface area (Å²) >= 11 is 1.84. The molecule has 2 heterocycles. The SMILES string of the molecule is c1ccc(-c2ccc(N(c3ccc(-c4ccc(-c5ccc6ccccc6c5)cc4)cc3)c3ccc4c(c3)sc3ccccc34)c3oc4ccccc4c23)cc1. The van der Waals surface area contributed by atoms with Crippen molar-refractivity contribution in [1.82, 2.24) is 0 Å². The number of benzene rings is 9. The maximum atomic E-state index is 6.83. The van der Waals surface area contributed by atoms with Gasteiger partial charge in [-0.25, -0.2) is 0 Å². The molecule has 0 atom stereocenters. The van der Waals surface area contributed by atoms with Gasteiger partial charge in [-0.3, -0.25) is 0 Å². The molecule has 0 saturated carbocycles. The van der Waals surface area contributed by atoms with Crippen LogP contribution in [0.15, 0.2) is 205 Å². The standard InChI is InChI=1S/C52H33NOS/c1-2-11-38(12-3-1)43-30-31-47(52-51(43)46-15-6-8-16-48(46)54-52)53(42-28-29-45-44-14-7-9-17-49(44)55-50(45)33-42)41-26-24-36(25-27-41)35-18-20-37(21-19-35)40-23-22-34-10-4-5-13-39(34)32-40/h1-33H. The highest BCUT2D eigenvalue weighted by Gasteiger charge is 2.23. The van der Waals surface area contributed by atoms with Gasteiger partial charge in [0.2, 0.25) is 0 Å². The van der Waals surface area contributed by atoms with E-state index in [2.05, 4.69) is 199 Å². The zero-order chi connectivity index (χ0) is 36.3. The molecule has 0 aliphatic heterocycles. The Bertz CT molecular complexity index is 3190. The van der Waals surface area contributed by atoms with Gasteiger partial charge in [-0.15, -0.1) is 11.3 Å². The smallest absolute Gasteiger partial charge is 0.160 e. The van der Waals surface area contributed by atoms with Gasteiger partial charge < -0.3 is 9.32 Å². The Hall–Kier alpha value is -6.94. The molecule has 0 fully saturated rings. The summed E-state index contributed by atoms with van der Waals surface area (Å²) in [6.45, 7) is 0. The average Bonchev–Trinajstić information content (AvgIpc) is 3.83. The van der Waals surface area contributed by atoms with Crippen molar-refractivity contribution >= 4 is 81.3 Å². The van der Waals surface area contributed by atoms with Gasteiger partial charge in [0.15, 0.2) is 5.58 Å². The van der Waals surface area contributed by atoms with Crippen LogP contribution in [0.25, 0.3) is 86.3 Å². The second kappa shape index (κ2) is 12.9. The molecule has 0 N–H and O–H groups in total. The van der Waals surface area contributed by atoms with E-state index in [4.69, 9.17) is 4.42 Å². The van der Waals surface area contributed by atoms with E-state index in [0.717, 1.165) is 44.6 Å². The fourth-order valence-electron chi connectivity index (χ4n) is 8.16. The van der Waals surface area contributed by atoms with Crippen LogP contribution in [0.4, 0.5) is 17.1 Å². The van der Waals surface area contributed by atoms with Crippen LogP contribution in [0.1, 0.15) is 0 Å². The lowest BCUT2D eigenvalue weighted by Gasteiger charge is -2.26. The minimum atomic E-state index is 0.868. The van der Waals surface area contributed by atoms with Crippen LogP contribution in [-0.4, -0.2) is 0 Å². The van der Waals surface area contributed by atoms with Crippen LogP contribution in [0.3, 0.4) is 0 Å². The molecule has 11 rings (SSSR count). The predicted octanol–water partition coefficient (Wildman–Crippen LogP) is 15.6. The third-order valence-electron chi connectivity index (χ3n) is 10.9. The van der Waals surface area contributed by atoms with Gasteiger partial charge in [-0.2, -0.15) is 0 Å². The highest BCUT2D eigenvalue weighted by molar-refractivity contribution is 7.25. The van der Waals surface area contributed by atoms with Gasteiger partial charge in [-0.05, 0) is 92.7 Å². The molecular weight excluding hydrogens is 687 g/mol. The Kier molecular flexibility index (Phi) is 7.39. The Labute approximate surface area is 322 Å². The number of fused-ring (bicyclic) bond motifs is 7. The normalized spacial score (nSPS) is 11.6. The minimum Gasteiger partial charge on any atom is -0.454 e. The van der Waals surface area contributed by atoms with Crippen molar-refractivity contribution < 1.29 is 4.42 Å².